The van der Waals surface area contributed by atoms with Gasteiger partial charge >= 0.3 is 18.2 Å². The predicted molar refractivity (Wildman–Crippen MR) is 119 cm³/mol. The van der Waals surface area contributed by atoms with Gasteiger partial charge in [0, 0.05) is 0 Å². The highest BCUT2D eigenvalue weighted by Crippen LogP contribution is 2.26. The van der Waals surface area contributed by atoms with Crippen LogP contribution in [0.25, 0.3) is 0 Å². The van der Waals surface area contributed by atoms with Crippen LogP contribution < -0.4 is 0 Å². The third-order valence-electron chi connectivity index (χ3n) is 4.29. The summed E-state index contributed by atoms with van der Waals surface area (Å²) in [6, 6.07) is 7.69. The zero-order valence-corrected chi connectivity index (χ0v) is 20.5. The molecule has 0 heterocycles. The fourth-order valence-corrected chi connectivity index (χ4v) is 2.66. The van der Waals surface area contributed by atoms with Gasteiger partial charge in [-0.15, -0.1) is 0 Å². The summed E-state index contributed by atoms with van der Waals surface area (Å²) < 4.78 is 15.9. The zero-order chi connectivity index (χ0) is 24.9. The van der Waals surface area contributed by atoms with E-state index < -0.39 is 46.6 Å². The summed E-state index contributed by atoms with van der Waals surface area (Å²) in [6.45, 7) is 13.9. The van der Waals surface area contributed by atoms with E-state index in [4.69, 9.17) is 14.2 Å². The molecule has 0 saturated carbocycles. The summed E-state index contributed by atoms with van der Waals surface area (Å²) in [6.07, 6.45) is -2.08. The Labute approximate surface area is 190 Å². The average Bonchev–Trinajstić information content (AvgIpc) is 2.63. The predicted octanol–water partition coefficient (Wildman–Crippen LogP) is 4.89. The van der Waals surface area contributed by atoms with Gasteiger partial charge in [0.05, 0.1) is 0 Å². The van der Waals surface area contributed by atoms with Crippen LogP contribution in [0.2, 0.25) is 0 Å². The Morgan fingerprint density at radius 2 is 1.25 bits per heavy atom. The fraction of sp³-hybridized carbons (Fsp3) is 0.583. The standard InChI is InChI=1S/C24H35NO7/c1-16(25(20(28)31-22(2,3)4)21(29)32-23(5,6)7)18(26)24(8,9)19(27)30-15-17-13-11-10-12-14-17/h10-14,16H,15H2,1-9H3/t16-/m0/s1. The number of hydrogen-bond acceptors (Lipinski definition) is 7. The molecule has 0 aliphatic heterocycles. The van der Waals surface area contributed by atoms with E-state index in [-0.39, 0.29) is 6.61 Å². The van der Waals surface area contributed by atoms with Crippen molar-refractivity contribution in [1.82, 2.24) is 4.90 Å². The van der Waals surface area contributed by atoms with Crippen LogP contribution in [0.4, 0.5) is 9.59 Å². The van der Waals surface area contributed by atoms with E-state index in [2.05, 4.69) is 0 Å². The topological polar surface area (TPSA) is 99.2 Å². The number of ether oxygens (including phenoxy) is 3. The maximum atomic E-state index is 13.2. The van der Waals surface area contributed by atoms with Crippen molar-refractivity contribution in [3.8, 4) is 0 Å². The van der Waals surface area contributed by atoms with Crippen molar-refractivity contribution in [2.45, 2.75) is 86.2 Å². The van der Waals surface area contributed by atoms with Crippen LogP contribution in [0.5, 0.6) is 0 Å². The van der Waals surface area contributed by atoms with E-state index in [1.807, 2.05) is 6.07 Å². The second-order valence-electron chi connectivity index (χ2n) is 10.1. The van der Waals surface area contributed by atoms with Crippen molar-refractivity contribution in [2.24, 2.45) is 5.41 Å². The molecule has 1 rings (SSSR count). The molecule has 0 fully saturated rings. The highest BCUT2D eigenvalue weighted by Gasteiger charge is 2.46. The van der Waals surface area contributed by atoms with Crippen molar-refractivity contribution >= 4 is 23.9 Å². The van der Waals surface area contributed by atoms with E-state index in [0.29, 0.717) is 4.90 Å². The monoisotopic (exact) mass is 449 g/mol. The lowest BCUT2D eigenvalue weighted by atomic mass is 9.84. The average molecular weight is 450 g/mol. The molecule has 8 nitrogen and oxygen atoms in total. The number of hydrogen-bond donors (Lipinski definition) is 0. The molecule has 2 amide bonds. The molecular formula is C24H35NO7. The lowest BCUT2D eigenvalue weighted by Crippen LogP contribution is -2.54. The number of Topliss-reactive ketones (excluding diaryl/α,β-unsaturated/α-hetero) is 1. The minimum Gasteiger partial charge on any atom is -0.460 e. The Balaban J connectivity index is 3.10. The zero-order valence-electron chi connectivity index (χ0n) is 20.5. The normalized spacial score (nSPS) is 13.0. The van der Waals surface area contributed by atoms with Crippen LogP contribution in [-0.4, -0.2) is 46.1 Å². The number of imide groups is 1. The Hall–Kier alpha value is -2.90. The quantitative estimate of drug-likeness (QED) is 0.346. The summed E-state index contributed by atoms with van der Waals surface area (Å²) in [7, 11) is 0. The van der Waals surface area contributed by atoms with Crippen LogP contribution in [0, 0.1) is 5.41 Å². The molecule has 1 atom stereocenters. The van der Waals surface area contributed by atoms with Crippen LogP contribution in [0.1, 0.15) is 67.9 Å². The van der Waals surface area contributed by atoms with Gasteiger partial charge in [0.25, 0.3) is 0 Å². The first-order chi connectivity index (χ1) is 14.5. The van der Waals surface area contributed by atoms with E-state index >= 15 is 0 Å². The molecule has 178 valence electrons. The molecule has 0 spiro atoms. The van der Waals surface area contributed by atoms with Crippen molar-refractivity contribution < 1.29 is 33.4 Å². The number of nitrogens with zero attached hydrogens (tertiary/aromatic N) is 1. The Morgan fingerprint density at radius 1 is 0.812 bits per heavy atom. The summed E-state index contributed by atoms with van der Waals surface area (Å²) in [5, 5.41) is 0. The minimum absolute atomic E-state index is 0.00733. The second-order valence-corrected chi connectivity index (χ2v) is 10.1. The number of ketones is 1. The van der Waals surface area contributed by atoms with Gasteiger partial charge in [-0.25, -0.2) is 14.5 Å². The number of amides is 2. The molecule has 8 heteroatoms. The Kier molecular flexibility index (Phi) is 8.60. The number of esters is 1. The molecule has 0 unspecified atom stereocenters. The molecule has 0 radical (unpaired) electrons. The molecule has 0 N–H and O–H groups in total. The van der Waals surface area contributed by atoms with Crippen molar-refractivity contribution in [3.05, 3.63) is 35.9 Å². The third-order valence-corrected chi connectivity index (χ3v) is 4.29. The van der Waals surface area contributed by atoms with Gasteiger partial charge in [0.2, 0.25) is 0 Å². The molecule has 32 heavy (non-hydrogen) atoms. The van der Waals surface area contributed by atoms with Crippen LogP contribution in [0.3, 0.4) is 0 Å². The highest BCUT2D eigenvalue weighted by atomic mass is 16.6. The van der Waals surface area contributed by atoms with Gasteiger partial charge in [-0.2, -0.15) is 0 Å². The van der Waals surface area contributed by atoms with Crippen LogP contribution >= 0.6 is 0 Å². The smallest absolute Gasteiger partial charge is 0.420 e. The van der Waals surface area contributed by atoms with E-state index in [9.17, 15) is 19.2 Å². The van der Waals surface area contributed by atoms with Gasteiger partial charge in [0.15, 0.2) is 5.78 Å². The molecule has 0 aliphatic rings. The van der Waals surface area contributed by atoms with Gasteiger partial charge in [-0.05, 0) is 67.9 Å². The molecule has 1 aromatic rings. The van der Waals surface area contributed by atoms with Crippen LogP contribution in [-0.2, 0) is 30.4 Å². The number of benzene rings is 1. The SMILES string of the molecule is C[C@@H](C(=O)C(C)(C)C(=O)OCc1ccccc1)N(C(=O)OC(C)(C)C)C(=O)OC(C)(C)C. The third kappa shape index (κ3) is 7.98. The Morgan fingerprint density at radius 3 is 1.66 bits per heavy atom. The fourth-order valence-electron chi connectivity index (χ4n) is 2.66. The van der Waals surface area contributed by atoms with Gasteiger partial charge in [0.1, 0.15) is 29.3 Å². The minimum atomic E-state index is -1.63. The van der Waals surface area contributed by atoms with E-state index in [1.165, 1.54) is 20.8 Å². The Bertz CT molecular complexity index is 804. The summed E-state index contributed by atoms with van der Waals surface area (Å²) in [5.41, 5.74) is -2.69. The highest BCUT2D eigenvalue weighted by molar-refractivity contribution is 6.08. The van der Waals surface area contributed by atoms with Crippen molar-refractivity contribution in [3.63, 3.8) is 0 Å². The molecule has 0 aliphatic carbocycles. The van der Waals surface area contributed by atoms with E-state index in [1.54, 1.807) is 65.8 Å². The molecular weight excluding hydrogens is 414 g/mol. The number of rotatable bonds is 6. The number of carbonyl (C=O) groups is 4. The summed E-state index contributed by atoms with van der Waals surface area (Å²) >= 11 is 0. The van der Waals surface area contributed by atoms with Crippen LogP contribution in [0.15, 0.2) is 30.3 Å². The lowest BCUT2D eigenvalue weighted by Gasteiger charge is -2.33. The van der Waals surface area contributed by atoms with E-state index in [0.717, 1.165) is 5.56 Å². The lowest BCUT2D eigenvalue weighted by molar-refractivity contribution is -0.161. The molecule has 0 bridgehead atoms. The van der Waals surface area contributed by atoms with Gasteiger partial charge in [-0.3, -0.25) is 9.59 Å². The summed E-state index contributed by atoms with van der Waals surface area (Å²) in [4.78, 5) is 52.1. The molecule has 0 aromatic heterocycles. The maximum absolute atomic E-state index is 13.2. The first kappa shape index (κ1) is 27.1. The van der Waals surface area contributed by atoms with Gasteiger partial charge < -0.3 is 14.2 Å². The maximum Gasteiger partial charge on any atom is 0.420 e. The summed E-state index contributed by atoms with van der Waals surface area (Å²) in [5.74, 6) is -1.46. The van der Waals surface area contributed by atoms with Crippen molar-refractivity contribution in [1.29, 1.82) is 0 Å². The molecule has 1 aromatic carbocycles. The first-order valence-electron chi connectivity index (χ1n) is 10.5. The number of carbonyl (C=O) groups excluding carboxylic acids is 4. The first-order valence-corrected chi connectivity index (χ1v) is 10.5. The van der Waals surface area contributed by atoms with Crippen molar-refractivity contribution in [2.75, 3.05) is 0 Å². The largest absolute Gasteiger partial charge is 0.460 e. The van der Waals surface area contributed by atoms with Gasteiger partial charge in [-0.1, -0.05) is 30.3 Å². The molecule has 0 saturated heterocycles. The second kappa shape index (κ2) is 10.1.